The van der Waals surface area contributed by atoms with E-state index in [9.17, 15) is 8.78 Å². The van der Waals surface area contributed by atoms with Gasteiger partial charge in [-0.1, -0.05) is 6.07 Å². The first-order valence-electron chi connectivity index (χ1n) is 4.06. The van der Waals surface area contributed by atoms with Crippen molar-refractivity contribution in [3.63, 3.8) is 0 Å². The van der Waals surface area contributed by atoms with Gasteiger partial charge in [0.25, 0.3) is 6.43 Å². The van der Waals surface area contributed by atoms with E-state index in [1.807, 2.05) is 6.07 Å². The van der Waals surface area contributed by atoms with E-state index in [1.54, 1.807) is 6.07 Å². The van der Waals surface area contributed by atoms with Crippen molar-refractivity contribution in [2.24, 2.45) is 0 Å². The number of benzene rings is 1. The number of rotatable bonds is 2. The molecule has 63 valence electrons. The second kappa shape index (κ2) is 2.85. The zero-order valence-electron chi connectivity index (χ0n) is 6.56. The Morgan fingerprint density at radius 3 is 2.67 bits per heavy atom. The van der Waals surface area contributed by atoms with Crippen LogP contribution in [0.4, 0.5) is 8.78 Å². The van der Waals surface area contributed by atoms with Crippen LogP contribution in [0.25, 0.3) is 0 Å². The molecule has 0 unspecified atom stereocenters. The maximum absolute atomic E-state index is 12.2. The van der Waals surface area contributed by atoms with E-state index in [1.165, 1.54) is 6.07 Å². The van der Waals surface area contributed by atoms with Gasteiger partial charge in [0.05, 0.1) is 0 Å². The Bertz CT molecular complexity index is 260. The fraction of sp³-hybridized carbons (Fsp3) is 0.400. The second-order valence-corrected chi connectivity index (χ2v) is 3.17. The summed E-state index contributed by atoms with van der Waals surface area (Å²) in [4.78, 5) is 0. The third-order valence-electron chi connectivity index (χ3n) is 2.13. The van der Waals surface area contributed by atoms with Crippen molar-refractivity contribution in [1.29, 1.82) is 0 Å². The molecule has 0 N–H and O–H groups in total. The number of alkyl halides is 2. The fourth-order valence-corrected chi connectivity index (χ4v) is 1.29. The lowest BCUT2D eigenvalue weighted by Gasteiger charge is -2.01. The summed E-state index contributed by atoms with van der Waals surface area (Å²) < 4.78 is 24.4. The molecule has 0 amide bonds. The molecule has 1 aliphatic carbocycles. The van der Waals surface area contributed by atoms with Crippen molar-refractivity contribution in [2.75, 3.05) is 0 Å². The maximum atomic E-state index is 12.2. The van der Waals surface area contributed by atoms with Crippen LogP contribution >= 0.6 is 0 Å². The molecule has 1 radical (unpaired) electrons. The number of hydrogen-bond acceptors (Lipinski definition) is 0. The Morgan fingerprint density at radius 2 is 2.08 bits per heavy atom. The third-order valence-corrected chi connectivity index (χ3v) is 2.13. The molecule has 0 heterocycles. The first kappa shape index (κ1) is 7.71. The Kier molecular flexibility index (Phi) is 1.83. The Hall–Kier alpha value is -0.920. The van der Waals surface area contributed by atoms with Crippen LogP contribution in [0.15, 0.2) is 18.2 Å². The Morgan fingerprint density at radius 1 is 1.33 bits per heavy atom. The van der Waals surface area contributed by atoms with Crippen LogP contribution < -0.4 is 0 Å². The molecule has 1 saturated carbocycles. The molecule has 0 atom stereocenters. The lowest BCUT2D eigenvalue weighted by molar-refractivity contribution is 0.151. The normalized spacial score (nSPS) is 16.9. The lowest BCUT2D eigenvalue weighted by atomic mass is 10.1. The molecule has 2 rings (SSSR count). The molecule has 1 fully saturated rings. The highest BCUT2D eigenvalue weighted by molar-refractivity contribution is 5.28. The molecule has 0 bridgehead atoms. The van der Waals surface area contributed by atoms with Gasteiger partial charge in [0.1, 0.15) is 0 Å². The van der Waals surface area contributed by atoms with Crippen LogP contribution in [0.5, 0.6) is 0 Å². The van der Waals surface area contributed by atoms with E-state index >= 15 is 0 Å². The molecule has 12 heavy (non-hydrogen) atoms. The predicted octanol–water partition coefficient (Wildman–Crippen LogP) is 3.30. The predicted molar refractivity (Wildman–Crippen MR) is 42.2 cm³/mol. The Balaban J connectivity index is 2.26. The number of hydrogen-bond donors (Lipinski definition) is 0. The van der Waals surface area contributed by atoms with Crippen molar-refractivity contribution in [2.45, 2.75) is 25.2 Å². The van der Waals surface area contributed by atoms with Crippen molar-refractivity contribution in [3.8, 4) is 0 Å². The van der Waals surface area contributed by atoms with Crippen LogP contribution in [0, 0.1) is 6.07 Å². The van der Waals surface area contributed by atoms with Gasteiger partial charge in [0.15, 0.2) is 0 Å². The molecule has 1 aromatic rings. The minimum atomic E-state index is -2.36. The number of halogens is 2. The summed E-state index contributed by atoms with van der Waals surface area (Å²) in [5.74, 6) is 0.528. The zero-order valence-corrected chi connectivity index (χ0v) is 6.56. The highest BCUT2D eigenvalue weighted by Crippen LogP contribution is 2.40. The van der Waals surface area contributed by atoms with E-state index in [0.717, 1.165) is 18.4 Å². The lowest BCUT2D eigenvalue weighted by Crippen LogP contribution is -1.86. The average Bonchev–Trinajstić information content (AvgIpc) is 2.87. The molecule has 0 nitrogen and oxygen atoms in total. The van der Waals surface area contributed by atoms with Crippen molar-refractivity contribution < 1.29 is 8.78 Å². The standard InChI is InChI=1S/C10H9F2/c11-10(12)9-3-1-2-8(6-9)7-4-5-7/h2-3,6-7,10H,4-5H2. The van der Waals surface area contributed by atoms with Crippen LogP contribution in [-0.2, 0) is 0 Å². The van der Waals surface area contributed by atoms with Gasteiger partial charge >= 0.3 is 0 Å². The van der Waals surface area contributed by atoms with Crippen molar-refractivity contribution in [3.05, 3.63) is 35.4 Å². The van der Waals surface area contributed by atoms with Gasteiger partial charge in [-0.2, -0.15) is 0 Å². The third kappa shape index (κ3) is 1.47. The van der Waals surface area contributed by atoms with Gasteiger partial charge < -0.3 is 0 Å². The van der Waals surface area contributed by atoms with E-state index in [0.29, 0.717) is 5.92 Å². The summed E-state index contributed by atoms with van der Waals surface area (Å²) in [7, 11) is 0. The highest BCUT2D eigenvalue weighted by Gasteiger charge is 2.24. The summed E-state index contributed by atoms with van der Waals surface area (Å²) in [6.07, 6.45) is -0.0823. The van der Waals surface area contributed by atoms with E-state index in [2.05, 4.69) is 6.07 Å². The quantitative estimate of drug-likeness (QED) is 0.634. The van der Waals surface area contributed by atoms with Crippen molar-refractivity contribution >= 4 is 0 Å². The molecule has 1 aromatic carbocycles. The average molecular weight is 167 g/mol. The van der Waals surface area contributed by atoms with Gasteiger partial charge in [-0.3, -0.25) is 0 Å². The summed E-state index contributed by atoms with van der Waals surface area (Å²) in [5, 5.41) is 0. The molecule has 0 saturated heterocycles. The van der Waals surface area contributed by atoms with Gasteiger partial charge in [-0.05, 0) is 42.5 Å². The van der Waals surface area contributed by atoms with Gasteiger partial charge in [-0.25, -0.2) is 8.78 Å². The van der Waals surface area contributed by atoms with Gasteiger partial charge in [0, 0.05) is 5.56 Å². The summed E-state index contributed by atoms with van der Waals surface area (Å²) in [6, 6.07) is 7.52. The topological polar surface area (TPSA) is 0 Å². The molecule has 2 heteroatoms. The van der Waals surface area contributed by atoms with E-state index in [4.69, 9.17) is 0 Å². The molecule has 1 aliphatic rings. The smallest absolute Gasteiger partial charge is 0.205 e. The molecule has 0 spiro atoms. The van der Waals surface area contributed by atoms with Crippen LogP contribution in [0.3, 0.4) is 0 Å². The van der Waals surface area contributed by atoms with Crippen LogP contribution in [0.2, 0.25) is 0 Å². The molecule has 0 aliphatic heterocycles. The minimum absolute atomic E-state index is 0.0967. The van der Waals surface area contributed by atoms with E-state index < -0.39 is 6.43 Å². The first-order valence-corrected chi connectivity index (χ1v) is 4.06. The minimum Gasteiger partial charge on any atom is -0.205 e. The highest BCUT2D eigenvalue weighted by atomic mass is 19.3. The van der Waals surface area contributed by atoms with E-state index in [-0.39, 0.29) is 5.56 Å². The molecular formula is C10H9F2. The molecule has 0 aromatic heterocycles. The van der Waals surface area contributed by atoms with Gasteiger partial charge in [-0.15, -0.1) is 0 Å². The SMILES string of the molecule is FC(F)c1c[c]cc(C2CC2)c1. The summed E-state index contributed by atoms with van der Waals surface area (Å²) in [6.45, 7) is 0. The monoisotopic (exact) mass is 167 g/mol. The maximum Gasteiger partial charge on any atom is 0.263 e. The van der Waals surface area contributed by atoms with Crippen molar-refractivity contribution in [1.82, 2.24) is 0 Å². The summed E-state index contributed by atoms with van der Waals surface area (Å²) >= 11 is 0. The van der Waals surface area contributed by atoms with Crippen LogP contribution in [0.1, 0.15) is 36.3 Å². The first-order chi connectivity index (χ1) is 5.77. The second-order valence-electron chi connectivity index (χ2n) is 3.17. The summed E-state index contributed by atoms with van der Waals surface area (Å²) in [5.41, 5.74) is 1.12. The largest absolute Gasteiger partial charge is 0.263 e. The van der Waals surface area contributed by atoms with Crippen LogP contribution in [-0.4, -0.2) is 0 Å². The van der Waals surface area contributed by atoms with Gasteiger partial charge in [0.2, 0.25) is 0 Å². The Labute approximate surface area is 70.2 Å². The fourth-order valence-electron chi connectivity index (χ4n) is 1.29. The molecular weight excluding hydrogens is 158 g/mol. The zero-order chi connectivity index (χ0) is 8.55.